The Kier molecular flexibility index (Phi) is 15.4. The van der Waals surface area contributed by atoms with Crippen molar-refractivity contribution in [3.8, 4) is 45.3 Å². The number of ether oxygens (including phenoxy) is 4. The number of carbonyl (C=O) groups excluding carboxylic acids is 1. The lowest BCUT2D eigenvalue weighted by molar-refractivity contribution is -0.132. The van der Waals surface area contributed by atoms with Crippen LogP contribution in [0.2, 0.25) is 0 Å². The number of nitrogens with one attached hydrogen (secondary N) is 1. The van der Waals surface area contributed by atoms with Crippen LogP contribution in [0.1, 0.15) is 66.0 Å². The summed E-state index contributed by atoms with van der Waals surface area (Å²) < 4.78 is 26.0. The summed E-state index contributed by atoms with van der Waals surface area (Å²) in [7, 11) is 18.3. The number of fused-ring (bicyclic) bond motifs is 2. The fourth-order valence-corrected chi connectivity index (χ4v) is 8.15. The van der Waals surface area contributed by atoms with Gasteiger partial charge in [0, 0.05) is 81.3 Å². The van der Waals surface area contributed by atoms with Gasteiger partial charge in [-0.2, -0.15) is 0 Å². The molecule has 2 aliphatic heterocycles. The zero-order valence-corrected chi connectivity index (χ0v) is 37.0. The van der Waals surface area contributed by atoms with Crippen LogP contribution in [0.3, 0.4) is 0 Å². The lowest BCUT2D eigenvalue weighted by Gasteiger charge is -2.30. The molecule has 320 valence electrons. The van der Waals surface area contributed by atoms with Crippen molar-refractivity contribution in [3.05, 3.63) is 90.7 Å². The van der Waals surface area contributed by atoms with Gasteiger partial charge in [0.15, 0.2) is 0 Å². The van der Waals surface area contributed by atoms with E-state index in [1.807, 2.05) is 69.7 Å². The van der Waals surface area contributed by atoms with Gasteiger partial charge < -0.3 is 48.1 Å². The molecule has 0 saturated heterocycles. The van der Waals surface area contributed by atoms with Crippen LogP contribution < -0.4 is 35.4 Å². The summed E-state index contributed by atoms with van der Waals surface area (Å²) in [6.07, 6.45) is 8.89. The van der Waals surface area contributed by atoms with Crippen LogP contribution in [0.25, 0.3) is 22.3 Å². The lowest BCUT2D eigenvalue weighted by atomic mass is 9.91. The number of benzene rings is 2. The molecule has 2 aromatic carbocycles. The zero-order valence-electron chi connectivity index (χ0n) is 37.0. The van der Waals surface area contributed by atoms with Crippen molar-refractivity contribution < 1.29 is 23.7 Å². The molecule has 1 N–H and O–H groups in total. The molecular formula is C46H64N6O7. The van der Waals surface area contributed by atoms with Crippen molar-refractivity contribution >= 4 is 5.91 Å². The molecule has 0 bridgehead atoms. The molecule has 0 unspecified atom stereocenters. The molecule has 4 aromatic rings. The maximum atomic E-state index is 13.0. The summed E-state index contributed by atoms with van der Waals surface area (Å²) in [5.74, 6) is 3.24. The molecule has 1 amide bonds. The third kappa shape index (κ3) is 10.2. The minimum absolute atomic E-state index is 0.0389. The molecule has 0 fully saturated rings. The van der Waals surface area contributed by atoms with Gasteiger partial charge in [0.2, 0.25) is 5.91 Å². The zero-order chi connectivity index (χ0) is 43.0. The number of unbranched alkanes of at least 4 members (excludes halogenated alkanes) is 2. The summed E-state index contributed by atoms with van der Waals surface area (Å²) in [6.45, 7) is 6.03. The van der Waals surface area contributed by atoms with E-state index in [9.17, 15) is 14.4 Å². The molecule has 59 heavy (non-hydrogen) atoms. The van der Waals surface area contributed by atoms with Gasteiger partial charge in [-0.25, -0.2) is 0 Å². The molecule has 4 heterocycles. The second kappa shape index (κ2) is 20.2. The molecule has 0 aliphatic carbocycles. The van der Waals surface area contributed by atoms with E-state index >= 15 is 0 Å². The van der Waals surface area contributed by atoms with E-state index < -0.39 is 0 Å². The highest BCUT2D eigenvalue weighted by Crippen LogP contribution is 2.39. The van der Waals surface area contributed by atoms with Gasteiger partial charge in [0.25, 0.3) is 11.1 Å². The Balaban J connectivity index is 0.000000230. The van der Waals surface area contributed by atoms with Gasteiger partial charge in [-0.3, -0.25) is 14.4 Å². The van der Waals surface area contributed by atoms with Crippen LogP contribution >= 0.6 is 0 Å². The number of rotatable bonds is 14. The number of aryl methyl sites for hydroxylation is 2. The van der Waals surface area contributed by atoms with Crippen molar-refractivity contribution in [1.29, 1.82) is 0 Å². The van der Waals surface area contributed by atoms with E-state index in [2.05, 4.69) is 22.0 Å². The number of nitrogens with zero attached hydrogens (tertiary/aromatic N) is 5. The first-order chi connectivity index (χ1) is 28.3. The Bertz CT molecular complexity index is 2190. The van der Waals surface area contributed by atoms with Crippen molar-refractivity contribution in [2.24, 2.45) is 14.1 Å². The van der Waals surface area contributed by atoms with Gasteiger partial charge in [0.1, 0.15) is 23.0 Å². The average Bonchev–Trinajstić information content (AvgIpc) is 3.23. The van der Waals surface area contributed by atoms with Crippen molar-refractivity contribution in [2.75, 3.05) is 69.7 Å². The van der Waals surface area contributed by atoms with Crippen molar-refractivity contribution in [2.45, 2.75) is 71.6 Å². The van der Waals surface area contributed by atoms with Gasteiger partial charge in [-0.15, -0.1) is 0 Å². The highest BCUT2D eigenvalue weighted by Gasteiger charge is 2.27. The fourth-order valence-electron chi connectivity index (χ4n) is 8.15. The second-order valence-electron chi connectivity index (χ2n) is 16.0. The lowest BCUT2D eigenvalue weighted by Crippen LogP contribution is -2.40. The molecule has 0 spiro atoms. The Labute approximate surface area is 349 Å². The van der Waals surface area contributed by atoms with Crippen molar-refractivity contribution in [3.63, 3.8) is 0 Å². The molecule has 6 rings (SSSR count). The monoisotopic (exact) mass is 812 g/mol. The smallest absolute Gasteiger partial charge is 0.255 e. The van der Waals surface area contributed by atoms with E-state index in [0.717, 1.165) is 112 Å². The predicted octanol–water partition coefficient (Wildman–Crippen LogP) is 5.37. The number of pyridine rings is 2. The summed E-state index contributed by atoms with van der Waals surface area (Å²) in [5, 5.41) is 3.30. The topological polar surface area (TPSA) is 120 Å². The molecule has 0 saturated carbocycles. The Morgan fingerprint density at radius 1 is 0.678 bits per heavy atom. The SMILES string of the molecule is CCCCCC(=O)N1CCc2c(-c3cc(OC)c(CN(C)C)c(OC)c3)cn(C)c(=O)c2C1.COc1cc(-c2cn(C)c(=O)c3c2CCNC3)cc(OC)c1CN(C)C. The molecule has 13 nitrogen and oxygen atoms in total. The number of hydrogen-bond donors (Lipinski definition) is 1. The van der Waals surface area contributed by atoms with Gasteiger partial charge in [-0.05, 0) is 101 Å². The second-order valence-corrected chi connectivity index (χ2v) is 16.0. The molecule has 0 atom stereocenters. The highest BCUT2D eigenvalue weighted by atomic mass is 16.5. The first-order valence-electron chi connectivity index (χ1n) is 20.5. The molecule has 13 heteroatoms. The van der Waals surface area contributed by atoms with E-state index in [1.165, 1.54) is 0 Å². The van der Waals surface area contributed by atoms with Crippen LogP contribution in [0.4, 0.5) is 0 Å². The van der Waals surface area contributed by atoms with E-state index in [4.69, 9.17) is 18.9 Å². The molecule has 2 aromatic heterocycles. The number of aromatic nitrogens is 2. The van der Waals surface area contributed by atoms with Crippen LogP contribution in [0.15, 0.2) is 46.2 Å². The van der Waals surface area contributed by atoms with E-state index in [-0.39, 0.29) is 17.0 Å². The first-order valence-corrected chi connectivity index (χ1v) is 20.5. The minimum atomic E-state index is -0.0389. The van der Waals surface area contributed by atoms with Gasteiger partial charge in [-0.1, -0.05) is 19.8 Å². The molecule has 0 radical (unpaired) electrons. The largest absolute Gasteiger partial charge is 0.496 e. The number of carbonyl (C=O) groups is 1. The van der Waals surface area contributed by atoms with Crippen LogP contribution in [-0.2, 0) is 57.9 Å². The Morgan fingerprint density at radius 2 is 1.14 bits per heavy atom. The van der Waals surface area contributed by atoms with Crippen LogP contribution in [0, 0.1) is 0 Å². The third-order valence-corrected chi connectivity index (χ3v) is 11.1. The highest BCUT2D eigenvalue weighted by molar-refractivity contribution is 5.78. The first kappa shape index (κ1) is 45.0. The Morgan fingerprint density at radius 3 is 1.58 bits per heavy atom. The van der Waals surface area contributed by atoms with Gasteiger partial charge >= 0.3 is 0 Å². The minimum Gasteiger partial charge on any atom is -0.496 e. The van der Waals surface area contributed by atoms with E-state index in [1.54, 1.807) is 51.7 Å². The van der Waals surface area contributed by atoms with E-state index in [0.29, 0.717) is 44.6 Å². The normalized spacial score (nSPS) is 13.4. The number of methoxy groups -OCH3 is 4. The fraction of sp³-hybridized carbons (Fsp3) is 0.500. The quantitative estimate of drug-likeness (QED) is 0.167. The summed E-state index contributed by atoms with van der Waals surface area (Å²) in [4.78, 5) is 44.2. The number of amides is 1. The third-order valence-electron chi connectivity index (χ3n) is 11.1. The van der Waals surface area contributed by atoms with Crippen LogP contribution in [0.5, 0.6) is 23.0 Å². The molecule has 2 aliphatic rings. The maximum absolute atomic E-state index is 13.0. The Hall–Kier alpha value is -5.11. The summed E-state index contributed by atoms with van der Waals surface area (Å²) in [5.41, 5.74) is 9.73. The van der Waals surface area contributed by atoms with Crippen molar-refractivity contribution in [1.82, 2.24) is 29.2 Å². The summed E-state index contributed by atoms with van der Waals surface area (Å²) in [6, 6.07) is 8.13. The maximum Gasteiger partial charge on any atom is 0.255 e. The standard InChI is InChI=1S/C26H37N3O4.C20H27N3O3/c1-7-8-9-10-25(30)29-12-11-19-20(16-28(4)26(31)21(19)17-29)18-13-23(32-5)22(15-27(2)3)24(14-18)33-6;1-22(2)11-17-18(25-4)8-13(9-19(17)26-5)16-12-23(3)20(24)15-10-21-7-6-14(15)16/h13-14,16H,7-12,15,17H2,1-6H3;8-9,12,21H,6-7,10-11H2,1-5H3. The summed E-state index contributed by atoms with van der Waals surface area (Å²) >= 11 is 0. The van der Waals surface area contributed by atoms with Crippen LogP contribution in [-0.4, -0.2) is 99.5 Å². The number of hydrogen-bond acceptors (Lipinski definition) is 10. The van der Waals surface area contributed by atoms with Gasteiger partial charge in [0.05, 0.1) is 46.1 Å². The molecular weight excluding hydrogens is 749 g/mol. The predicted molar refractivity (Wildman–Crippen MR) is 234 cm³/mol. The average molecular weight is 813 g/mol.